The van der Waals surface area contributed by atoms with E-state index in [9.17, 15) is 8.42 Å². The molecule has 3 nitrogen and oxygen atoms in total. The van der Waals surface area contributed by atoms with Gasteiger partial charge in [-0.25, -0.2) is 8.42 Å². The van der Waals surface area contributed by atoms with E-state index in [0.29, 0.717) is 9.37 Å². The summed E-state index contributed by atoms with van der Waals surface area (Å²) in [6.07, 6.45) is 0.749. The van der Waals surface area contributed by atoms with Gasteiger partial charge < -0.3 is 0 Å². The number of benzene rings is 2. The van der Waals surface area contributed by atoms with Crippen LogP contribution in [0.2, 0.25) is 0 Å². The zero-order valence-electron chi connectivity index (χ0n) is 11.9. The van der Waals surface area contributed by atoms with Gasteiger partial charge in [0.05, 0.1) is 5.69 Å². The van der Waals surface area contributed by atoms with Gasteiger partial charge in [-0.15, -0.1) is 0 Å². The SMILES string of the molecule is Cc1ccc(S(=O)(=O)N2c3ccccc3CC2C)c(Br)c1. The van der Waals surface area contributed by atoms with E-state index in [4.69, 9.17) is 0 Å². The molecule has 0 N–H and O–H groups in total. The van der Waals surface area contributed by atoms with Crippen LogP contribution in [-0.4, -0.2) is 14.5 Å². The van der Waals surface area contributed by atoms with Crippen LogP contribution in [0, 0.1) is 6.92 Å². The number of hydrogen-bond donors (Lipinski definition) is 0. The van der Waals surface area contributed by atoms with Gasteiger partial charge in [0.2, 0.25) is 0 Å². The van der Waals surface area contributed by atoms with Crippen LogP contribution in [0.1, 0.15) is 18.1 Å². The summed E-state index contributed by atoms with van der Waals surface area (Å²) >= 11 is 3.38. The van der Waals surface area contributed by atoms with Crippen LogP contribution in [0.25, 0.3) is 0 Å². The minimum atomic E-state index is -3.56. The van der Waals surface area contributed by atoms with Crippen molar-refractivity contribution in [3.63, 3.8) is 0 Å². The first kappa shape index (κ1) is 14.6. The summed E-state index contributed by atoms with van der Waals surface area (Å²) in [6.45, 7) is 3.88. The molecule has 0 saturated carbocycles. The molecule has 0 radical (unpaired) electrons. The predicted molar refractivity (Wildman–Crippen MR) is 88.2 cm³/mol. The zero-order chi connectivity index (χ0) is 15.2. The Hall–Kier alpha value is -1.33. The first-order valence-corrected chi connectivity index (χ1v) is 9.03. The molecule has 0 aromatic heterocycles. The van der Waals surface area contributed by atoms with Crippen LogP contribution in [-0.2, 0) is 16.4 Å². The molecule has 1 atom stereocenters. The molecule has 0 fully saturated rings. The highest BCUT2D eigenvalue weighted by Crippen LogP contribution is 2.38. The highest BCUT2D eigenvalue weighted by Gasteiger charge is 2.36. The Balaban J connectivity index is 2.15. The molecule has 21 heavy (non-hydrogen) atoms. The van der Waals surface area contributed by atoms with E-state index in [1.807, 2.05) is 50.2 Å². The zero-order valence-corrected chi connectivity index (χ0v) is 14.3. The van der Waals surface area contributed by atoms with Crippen molar-refractivity contribution in [2.24, 2.45) is 0 Å². The molecular formula is C16H16BrNO2S. The van der Waals surface area contributed by atoms with E-state index in [0.717, 1.165) is 23.2 Å². The molecule has 0 spiro atoms. The van der Waals surface area contributed by atoms with Gasteiger partial charge in [-0.3, -0.25) is 4.31 Å². The van der Waals surface area contributed by atoms with Crippen molar-refractivity contribution in [2.45, 2.75) is 31.2 Å². The molecular weight excluding hydrogens is 350 g/mol. The van der Waals surface area contributed by atoms with Crippen molar-refractivity contribution in [3.05, 3.63) is 58.1 Å². The molecule has 0 bridgehead atoms. The van der Waals surface area contributed by atoms with Crippen LogP contribution in [0.3, 0.4) is 0 Å². The van der Waals surface area contributed by atoms with Gasteiger partial charge >= 0.3 is 0 Å². The normalized spacial score (nSPS) is 17.9. The van der Waals surface area contributed by atoms with Crippen molar-refractivity contribution in [2.75, 3.05) is 4.31 Å². The van der Waals surface area contributed by atoms with E-state index in [2.05, 4.69) is 15.9 Å². The van der Waals surface area contributed by atoms with E-state index in [-0.39, 0.29) is 6.04 Å². The minimum absolute atomic E-state index is 0.0689. The third-order valence-electron chi connectivity index (χ3n) is 3.77. The second-order valence-corrected chi connectivity index (χ2v) is 8.05. The Kier molecular flexibility index (Phi) is 3.58. The number of hydrogen-bond acceptors (Lipinski definition) is 2. The Morgan fingerprint density at radius 3 is 2.62 bits per heavy atom. The van der Waals surface area contributed by atoms with Gasteiger partial charge in [0.25, 0.3) is 10.0 Å². The molecule has 0 saturated heterocycles. The van der Waals surface area contributed by atoms with E-state index < -0.39 is 10.0 Å². The fourth-order valence-electron chi connectivity index (χ4n) is 2.82. The fraction of sp³-hybridized carbons (Fsp3) is 0.250. The maximum atomic E-state index is 13.0. The molecule has 5 heteroatoms. The number of rotatable bonds is 2. The lowest BCUT2D eigenvalue weighted by atomic mass is 10.1. The average Bonchev–Trinajstić information content (AvgIpc) is 2.74. The smallest absolute Gasteiger partial charge is 0.263 e. The molecule has 0 aliphatic carbocycles. The number of aryl methyl sites for hydroxylation is 1. The lowest BCUT2D eigenvalue weighted by Gasteiger charge is -2.25. The summed E-state index contributed by atoms with van der Waals surface area (Å²) in [7, 11) is -3.56. The van der Waals surface area contributed by atoms with Crippen LogP contribution in [0.15, 0.2) is 51.8 Å². The number of nitrogens with zero attached hydrogens (tertiary/aromatic N) is 1. The number of halogens is 1. The highest BCUT2D eigenvalue weighted by atomic mass is 79.9. The lowest BCUT2D eigenvalue weighted by Crippen LogP contribution is -2.35. The third-order valence-corrected chi connectivity index (χ3v) is 6.67. The first-order valence-electron chi connectivity index (χ1n) is 6.80. The topological polar surface area (TPSA) is 37.4 Å². The number of anilines is 1. The molecule has 3 rings (SSSR count). The van der Waals surface area contributed by atoms with Crippen molar-refractivity contribution in [1.82, 2.24) is 0 Å². The van der Waals surface area contributed by atoms with E-state index in [1.54, 1.807) is 6.07 Å². The molecule has 2 aromatic rings. The largest absolute Gasteiger partial charge is 0.265 e. The molecule has 2 aromatic carbocycles. The summed E-state index contributed by atoms with van der Waals surface area (Å²) in [4.78, 5) is 0.316. The van der Waals surface area contributed by atoms with E-state index >= 15 is 0 Å². The summed E-state index contributed by atoms with van der Waals surface area (Å²) in [5.41, 5.74) is 2.89. The van der Waals surface area contributed by atoms with Gasteiger partial charge in [0.15, 0.2) is 0 Å². The maximum absolute atomic E-state index is 13.0. The van der Waals surface area contributed by atoms with Gasteiger partial charge in [0.1, 0.15) is 4.90 Å². The summed E-state index contributed by atoms with van der Waals surface area (Å²) in [6, 6.07) is 12.9. The second kappa shape index (κ2) is 5.14. The number of para-hydroxylation sites is 1. The second-order valence-electron chi connectivity index (χ2n) is 5.42. The number of fused-ring (bicyclic) bond motifs is 1. The van der Waals surface area contributed by atoms with Gasteiger partial charge in [-0.2, -0.15) is 0 Å². The average molecular weight is 366 g/mol. The Morgan fingerprint density at radius 1 is 1.19 bits per heavy atom. The molecule has 1 unspecified atom stereocenters. The van der Waals surface area contributed by atoms with Crippen LogP contribution in [0.5, 0.6) is 0 Å². The van der Waals surface area contributed by atoms with Gasteiger partial charge in [0, 0.05) is 10.5 Å². The Morgan fingerprint density at radius 2 is 1.90 bits per heavy atom. The van der Waals surface area contributed by atoms with Crippen molar-refractivity contribution < 1.29 is 8.42 Å². The Labute approximate surface area is 133 Å². The lowest BCUT2D eigenvalue weighted by molar-refractivity contribution is 0.583. The maximum Gasteiger partial charge on any atom is 0.265 e. The molecule has 110 valence electrons. The van der Waals surface area contributed by atoms with Crippen LogP contribution in [0.4, 0.5) is 5.69 Å². The van der Waals surface area contributed by atoms with E-state index in [1.165, 1.54) is 4.31 Å². The predicted octanol–water partition coefficient (Wildman–Crippen LogP) is 3.90. The summed E-state index contributed by atoms with van der Waals surface area (Å²) < 4.78 is 28.2. The molecule has 1 aliphatic heterocycles. The monoisotopic (exact) mass is 365 g/mol. The molecule has 1 aliphatic rings. The van der Waals surface area contributed by atoms with Crippen molar-refractivity contribution in [3.8, 4) is 0 Å². The van der Waals surface area contributed by atoms with Gasteiger partial charge in [-0.1, -0.05) is 24.3 Å². The quantitative estimate of drug-likeness (QED) is 0.809. The third kappa shape index (κ3) is 2.38. The standard InChI is InChI=1S/C16H16BrNO2S/c1-11-7-8-16(14(17)9-11)21(19,20)18-12(2)10-13-5-3-4-6-15(13)18/h3-9,12H,10H2,1-2H3. The van der Waals surface area contributed by atoms with Crippen molar-refractivity contribution in [1.29, 1.82) is 0 Å². The summed E-state index contributed by atoms with van der Waals surface area (Å²) in [5.74, 6) is 0. The molecule has 1 heterocycles. The van der Waals surface area contributed by atoms with Crippen LogP contribution < -0.4 is 4.31 Å². The molecule has 0 amide bonds. The first-order chi connectivity index (χ1) is 9.91. The minimum Gasteiger partial charge on any atom is -0.263 e. The summed E-state index contributed by atoms with van der Waals surface area (Å²) in [5, 5.41) is 0. The van der Waals surface area contributed by atoms with Gasteiger partial charge in [-0.05, 0) is 65.5 Å². The number of sulfonamides is 1. The van der Waals surface area contributed by atoms with Crippen molar-refractivity contribution >= 4 is 31.6 Å². The Bertz CT molecular complexity index is 802. The highest BCUT2D eigenvalue weighted by molar-refractivity contribution is 9.10. The van der Waals surface area contributed by atoms with Crippen LogP contribution >= 0.6 is 15.9 Å². The fourth-order valence-corrected chi connectivity index (χ4v) is 5.67.